The van der Waals surface area contributed by atoms with Crippen molar-refractivity contribution >= 4 is 0 Å². The highest BCUT2D eigenvalue weighted by Gasteiger charge is 2.27. The first kappa shape index (κ1) is 11.4. The fourth-order valence-corrected chi connectivity index (χ4v) is 3.13. The molecule has 2 rings (SSSR count). The average Bonchev–Trinajstić information content (AvgIpc) is 2.33. The lowest BCUT2D eigenvalue weighted by Crippen LogP contribution is -2.56. The fourth-order valence-electron chi connectivity index (χ4n) is 3.13. The van der Waals surface area contributed by atoms with Crippen molar-refractivity contribution in [2.45, 2.75) is 38.3 Å². The molecule has 0 amide bonds. The summed E-state index contributed by atoms with van der Waals surface area (Å²) in [5.74, 6) is 0.891. The maximum atomic E-state index is 3.54. The highest BCUT2D eigenvalue weighted by atomic mass is 15.3. The lowest BCUT2D eigenvalue weighted by atomic mass is 9.86. The van der Waals surface area contributed by atoms with E-state index in [2.05, 4.69) is 22.6 Å². The largest absolute Gasteiger partial charge is 0.314 e. The summed E-state index contributed by atoms with van der Waals surface area (Å²) in [6, 6.07) is 0. The minimum atomic E-state index is 0.632. The van der Waals surface area contributed by atoms with Crippen molar-refractivity contribution in [2.24, 2.45) is 5.92 Å². The van der Waals surface area contributed by atoms with Gasteiger partial charge in [0, 0.05) is 26.2 Å². The molecule has 2 fully saturated rings. The molecule has 1 saturated heterocycles. The van der Waals surface area contributed by atoms with Gasteiger partial charge in [-0.3, -0.25) is 4.90 Å². The quantitative estimate of drug-likeness (QED) is 0.730. The molecule has 1 unspecified atom stereocenters. The van der Waals surface area contributed by atoms with Crippen molar-refractivity contribution in [3.05, 3.63) is 0 Å². The summed E-state index contributed by atoms with van der Waals surface area (Å²) in [6.07, 6.45) is 7.82. The van der Waals surface area contributed by atoms with Gasteiger partial charge in [0.1, 0.15) is 0 Å². The summed E-state index contributed by atoms with van der Waals surface area (Å²) in [4.78, 5) is 2.63. The van der Waals surface area contributed by atoms with Crippen molar-refractivity contribution in [1.82, 2.24) is 15.5 Å². The molecule has 0 radical (unpaired) electrons. The van der Waals surface area contributed by atoms with Crippen LogP contribution in [-0.2, 0) is 0 Å². The summed E-state index contributed by atoms with van der Waals surface area (Å²) in [5.41, 5.74) is 0. The van der Waals surface area contributed by atoms with E-state index in [1.807, 2.05) is 0 Å². The van der Waals surface area contributed by atoms with Crippen LogP contribution in [0.25, 0.3) is 0 Å². The first-order valence-corrected chi connectivity index (χ1v) is 6.54. The Hall–Kier alpha value is -0.120. The molecule has 1 atom stereocenters. The third-order valence-corrected chi connectivity index (χ3v) is 3.94. The molecule has 0 spiro atoms. The van der Waals surface area contributed by atoms with E-state index in [4.69, 9.17) is 0 Å². The second kappa shape index (κ2) is 5.83. The maximum absolute atomic E-state index is 3.54. The van der Waals surface area contributed by atoms with Crippen LogP contribution in [-0.4, -0.2) is 44.3 Å². The topological polar surface area (TPSA) is 27.3 Å². The van der Waals surface area contributed by atoms with Gasteiger partial charge in [-0.15, -0.1) is 0 Å². The number of piperazine rings is 1. The van der Waals surface area contributed by atoms with E-state index in [0.717, 1.165) is 19.0 Å². The molecule has 1 heterocycles. The molecule has 3 nitrogen and oxygen atoms in total. The predicted octanol–water partition coefficient (Wildman–Crippen LogP) is 1.02. The van der Waals surface area contributed by atoms with Gasteiger partial charge < -0.3 is 10.6 Å². The van der Waals surface area contributed by atoms with Gasteiger partial charge in [0.2, 0.25) is 0 Å². The Balaban J connectivity index is 1.88. The molecule has 3 heteroatoms. The second-order valence-corrected chi connectivity index (χ2v) is 4.92. The molecule has 1 saturated carbocycles. The molecular formula is C12H25N3. The van der Waals surface area contributed by atoms with Gasteiger partial charge in [0.25, 0.3) is 0 Å². The van der Waals surface area contributed by atoms with Crippen LogP contribution in [0.15, 0.2) is 0 Å². The molecular weight excluding hydrogens is 186 g/mol. The Bertz CT molecular complexity index is 154. The summed E-state index contributed by atoms with van der Waals surface area (Å²) in [6.45, 7) is 4.74. The highest BCUT2D eigenvalue weighted by Crippen LogP contribution is 2.27. The zero-order valence-corrected chi connectivity index (χ0v) is 9.97. The lowest BCUT2D eigenvalue weighted by Gasteiger charge is -2.40. The standard InChI is InChI=1S/C12H25N3/c1-13-12(11-5-3-2-4-6-11)15-9-7-14-8-10-15/h11-14H,2-10H2,1H3. The van der Waals surface area contributed by atoms with E-state index in [1.165, 1.54) is 45.2 Å². The third kappa shape index (κ3) is 2.92. The van der Waals surface area contributed by atoms with Gasteiger partial charge in [-0.2, -0.15) is 0 Å². The van der Waals surface area contributed by atoms with Gasteiger partial charge >= 0.3 is 0 Å². The van der Waals surface area contributed by atoms with Crippen molar-refractivity contribution in [1.29, 1.82) is 0 Å². The normalized spacial score (nSPS) is 27.8. The molecule has 2 N–H and O–H groups in total. The van der Waals surface area contributed by atoms with Gasteiger partial charge in [-0.1, -0.05) is 19.3 Å². The zero-order valence-electron chi connectivity index (χ0n) is 9.97. The highest BCUT2D eigenvalue weighted by molar-refractivity contribution is 4.81. The molecule has 88 valence electrons. The molecule has 0 aromatic carbocycles. The molecule has 0 aromatic heterocycles. The van der Waals surface area contributed by atoms with Gasteiger partial charge in [0.05, 0.1) is 6.17 Å². The molecule has 15 heavy (non-hydrogen) atoms. The van der Waals surface area contributed by atoms with E-state index in [0.29, 0.717) is 6.17 Å². The Morgan fingerprint density at radius 1 is 1.13 bits per heavy atom. The Labute approximate surface area is 93.6 Å². The number of rotatable bonds is 3. The summed E-state index contributed by atoms with van der Waals surface area (Å²) < 4.78 is 0. The Morgan fingerprint density at radius 3 is 2.40 bits per heavy atom. The number of nitrogens with zero attached hydrogens (tertiary/aromatic N) is 1. The van der Waals surface area contributed by atoms with Crippen LogP contribution in [0.1, 0.15) is 32.1 Å². The van der Waals surface area contributed by atoms with Crippen LogP contribution in [0.5, 0.6) is 0 Å². The minimum absolute atomic E-state index is 0.632. The minimum Gasteiger partial charge on any atom is -0.314 e. The van der Waals surface area contributed by atoms with E-state index in [9.17, 15) is 0 Å². The van der Waals surface area contributed by atoms with Gasteiger partial charge in [-0.25, -0.2) is 0 Å². The molecule has 2 aliphatic rings. The third-order valence-electron chi connectivity index (χ3n) is 3.94. The second-order valence-electron chi connectivity index (χ2n) is 4.92. The first-order chi connectivity index (χ1) is 7.42. The Kier molecular flexibility index (Phi) is 4.42. The number of nitrogens with one attached hydrogen (secondary N) is 2. The van der Waals surface area contributed by atoms with Crippen molar-refractivity contribution in [2.75, 3.05) is 33.2 Å². The van der Waals surface area contributed by atoms with Crippen LogP contribution >= 0.6 is 0 Å². The van der Waals surface area contributed by atoms with Crippen molar-refractivity contribution in [3.8, 4) is 0 Å². The Morgan fingerprint density at radius 2 is 1.80 bits per heavy atom. The predicted molar refractivity (Wildman–Crippen MR) is 63.9 cm³/mol. The van der Waals surface area contributed by atoms with Crippen molar-refractivity contribution in [3.63, 3.8) is 0 Å². The van der Waals surface area contributed by atoms with Crippen molar-refractivity contribution < 1.29 is 0 Å². The van der Waals surface area contributed by atoms with Crippen LogP contribution in [0.4, 0.5) is 0 Å². The zero-order chi connectivity index (χ0) is 10.5. The lowest BCUT2D eigenvalue weighted by molar-refractivity contribution is 0.0844. The van der Waals surface area contributed by atoms with Crippen LogP contribution < -0.4 is 10.6 Å². The van der Waals surface area contributed by atoms with E-state index < -0.39 is 0 Å². The van der Waals surface area contributed by atoms with Crippen LogP contribution in [0, 0.1) is 5.92 Å². The monoisotopic (exact) mass is 211 g/mol. The molecule has 1 aliphatic carbocycles. The van der Waals surface area contributed by atoms with Gasteiger partial charge in [0.15, 0.2) is 0 Å². The summed E-state index contributed by atoms with van der Waals surface area (Å²) in [7, 11) is 2.13. The summed E-state index contributed by atoms with van der Waals surface area (Å²) >= 11 is 0. The first-order valence-electron chi connectivity index (χ1n) is 6.54. The molecule has 0 bridgehead atoms. The number of hydrogen-bond donors (Lipinski definition) is 2. The van der Waals surface area contributed by atoms with E-state index >= 15 is 0 Å². The van der Waals surface area contributed by atoms with E-state index in [-0.39, 0.29) is 0 Å². The molecule has 1 aliphatic heterocycles. The molecule has 0 aromatic rings. The fraction of sp³-hybridized carbons (Fsp3) is 1.00. The number of hydrogen-bond acceptors (Lipinski definition) is 3. The van der Waals surface area contributed by atoms with Crippen LogP contribution in [0.2, 0.25) is 0 Å². The van der Waals surface area contributed by atoms with Gasteiger partial charge in [-0.05, 0) is 25.8 Å². The smallest absolute Gasteiger partial charge is 0.0624 e. The summed E-state index contributed by atoms with van der Waals surface area (Å²) in [5, 5.41) is 6.97. The SMILES string of the molecule is CNC(C1CCCCC1)N1CCNCC1. The van der Waals surface area contributed by atoms with E-state index in [1.54, 1.807) is 0 Å². The van der Waals surface area contributed by atoms with Crippen LogP contribution in [0.3, 0.4) is 0 Å². The maximum Gasteiger partial charge on any atom is 0.0624 e. The average molecular weight is 211 g/mol.